The van der Waals surface area contributed by atoms with E-state index in [1.54, 1.807) is 0 Å². The number of carbonyl (C=O) groups excluding carboxylic acids is 2. The van der Waals surface area contributed by atoms with E-state index in [-0.39, 0.29) is 10.8 Å². The zero-order chi connectivity index (χ0) is 10.2. The molecule has 0 aromatic rings. The van der Waals surface area contributed by atoms with Gasteiger partial charge in [-0.2, -0.15) is 8.42 Å². The van der Waals surface area contributed by atoms with E-state index in [9.17, 15) is 18.0 Å². The number of nitrogens with zero attached hydrogens (tertiary/aromatic N) is 1. The van der Waals surface area contributed by atoms with Crippen molar-refractivity contribution in [3.05, 3.63) is 0 Å². The molecule has 8 heteroatoms. The van der Waals surface area contributed by atoms with Gasteiger partial charge < -0.3 is 4.74 Å². The Hall–Kier alpha value is -1.15. The summed E-state index contributed by atoms with van der Waals surface area (Å²) in [5.74, 6) is -2.87. The molecular formula is C5H7NO6S. The standard InChI is InChI=1S/C5H7NO6S/c1-12-5(8)3-2-6(4(3)7)13(9,10)11/h3H,2H2,1H3,(H,9,10,11). The fourth-order valence-corrected chi connectivity index (χ4v) is 1.61. The summed E-state index contributed by atoms with van der Waals surface area (Å²) in [6.07, 6.45) is 0. The number of hydrogen-bond donors (Lipinski definition) is 1. The number of carbonyl (C=O) groups is 2. The number of esters is 1. The maximum atomic E-state index is 10.9. The second-order valence-corrected chi connectivity index (χ2v) is 3.76. The zero-order valence-electron chi connectivity index (χ0n) is 6.63. The van der Waals surface area contributed by atoms with Gasteiger partial charge in [0, 0.05) is 0 Å². The molecule has 0 bridgehead atoms. The zero-order valence-corrected chi connectivity index (χ0v) is 7.44. The lowest BCUT2D eigenvalue weighted by Gasteiger charge is -2.32. The van der Waals surface area contributed by atoms with Crippen molar-refractivity contribution in [1.29, 1.82) is 0 Å². The number of hydrogen-bond acceptors (Lipinski definition) is 5. The Morgan fingerprint density at radius 3 is 2.54 bits per heavy atom. The lowest BCUT2D eigenvalue weighted by Crippen LogP contribution is -2.57. The van der Waals surface area contributed by atoms with Crippen molar-refractivity contribution in [3.8, 4) is 0 Å². The highest BCUT2D eigenvalue weighted by atomic mass is 32.2. The largest absolute Gasteiger partial charge is 0.468 e. The number of β-lactam (4-membered cyclic amide) rings is 1. The van der Waals surface area contributed by atoms with Crippen LogP contribution < -0.4 is 0 Å². The Kier molecular flexibility index (Phi) is 2.26. The Labute approximate surface area is 74.2 Å². The van der Waals surface area contributed by atoms with Crippen molar-refractivity contribution in [3.63, 3.8) is 0 Å². The van der Waals surface area contributed by atoms with Gasteiger partial charge in [0.1, 0.15) is 0 Å². The maximum absolute atomic E-state index is 10.9. The normalized spacial score (nSPS) is 22.5. The molecule has 1 aliphatic rings. The molecule has 1 heterocycles. The molecule has 74 valence electrons. The molecule has 0 radical (unpaired) electrons. The van der Waals surface area contributed by atoms with E-state index < -0.39 is 28.1 Å². The molecule has 1 N–H and O–H groups in total. The van der Waals surface area contributed by atoms with E-state index in [2.05, 4.69) is 4.74 Å². The molecule has 1 fully saturated rings. The molecule has 0 saturated carbocycles. The first-order valence-electron chi connectivity index (χ1n) is 3.24. The van der Waals surface area contributed by atoms with Gasteiger partial charge in [0.15, 0.2) is 5.92 Å². The van der Waals surface area contributed by atoms with E-state index in [0.717, 1.165) is 7.11 Å². The summed E-state index contributed by atoms with van der Waals surface area (Å²) in [6, 6.07) is 0. The highest BCUT2D eigenvalue weighted by Crippen LogP contribution is 2.21. The second kappa shape index (κ2) is 2.96. The van der Waals surface area contributed by atoms with E-state index >= 15 is 0 Å². The van der Waals surface area contributed by atoms with Crippen LogP contribution in [-0.2, 0) is 24.6 Å². The number of amides is 1. The number of rotatable bonds is 2. The molecule has 13 heavy (non-hydrogen) atoms. The van der Waals surface area contributed by atoms with Crippen LogP contribution in [-0.4, -0.2) is 42.8 Å². The Bertz CT molecular complexity index is 346. The van der Waals surface area contributed by atoms with E-state index in [1.165, 1.54) is 0 Å². The fraction of sp³-hybridized carbons (Fsp3) is 0.600. The van der Waals surface area contributed by atoms with Gasteiger partial charge in [0.05, 0.1) is 13.7 Å². The van der Waals surface area contributed by atoms with Gasteiger partial charge >= 0.3 is 16.3 Å². The Balaban J connectivity index is 2.69. The minimum Gasteiger partial charge on any atom is -0.468 e. The van der Waals surface area contributed by atoms with Crippen LogP contribution in [0, 0.1) is 5.92 Å². The van der Waals surface area contributed by atoms with Gasteiger partial charge in [-0.3, -0.25) is 14.1 Å². The van der Waals surface area contributed by atoms with Crippen LogP contribution in [0.4, 0.5) is 0 Å². The first-order valence-corrected chi connectivity index (χ1v) is 4.64. The van der Waals surface area contributed by atoms with Gasteiger partial charge in [-0.25, -0.2) is 4.31 Å². The van der Waals surface area contributed by atoms with Crippen LogP contribution in [0.2, 0.25) is 0 Å². The first-order chi connectivity index (χ1) is 5.88. The van der Waals surface area contributed by atoms with Crippen molar-refractivity contribution >= 4 is 22.2 Å². The molecule has 1 amide bonds. The predicted molar refractivity (Wildman–Crippen MR) is 38.8 cm³/mol. The van der Waals surface area contributed by atoms with Crippen LogP contribution in [0.3, 0.4) is 0 Å². The lowest BCUT2D eigenvalue weighted by atomic mass is 10.0. The lowest BCUT2D eigenvalue weighted by molar-refractivity contribution is -0.159. The van der Waals surface area contributed by atoms with Crippen LogP contribution in [0.5, 0.6) is 0 Å². The SMILES string of the molecule is COC(=O)C1CN(S(=O)(=O)O)C1=O. The van der Waals surface area contributed by atoms with Gasteiger partial charge in [-0.15, -0.1) is 0 Å². The van der Waals surface area contributed by atoms with Gasteiger partial charge in [0.25, 0.3) is 5.91 Å². The second-order valence-electron chi connectivity index (χ2n) is 2.42. The van der Waals surface area contributed by atoms with Crippen molar-refractivity contribution in [2.24, 2.45) is 5.92 Å². The minimum absolute atomic E-state index is 0.203. The van der Waals surface area contributed by atoms with Crippen molar-refractivity contribution in [2.45, 2.75) is 0 Å². The first kappa shape index (κ1) is 9.93. The van der Waals surface area contributed by atoms with Crippen LogP contribution in [0.15, 0.2) is 0 Å². The summed E-state index contributed by atoms with van der Waals surface area (Å²) in [5.41, 5.74) is 0. The average Bonchev–Trinajstić information content (AvgIpc) is 1.98. The van der Waals surface area contributed by atoms with Gasteiger partial charge in [-0.05, 0) is 0 Å². The van der Waals surface area contributed by atoms with Gasteiger partial charge in [0.2, 0.25) is 0 Å². The summed E-state index contributed by atoms with van der Waals surface area (Å²) in [5, 5.41) is 0. The minimum atomic E-state index is -4.51. The third kappa shape index (κ3) is 1.63. The fourth-order valence-electron chi connectivity index (χ4n) is 0.921. The monoisotopic (exact) mass is 209 g/mol. The number of ether oxygens (including phenoxy) is 1. The number of methoxy groups -OCH3 is 1. The maximum Gasteiger partial charge on any atom is 0.362 e. The van der Waals surface area contributed by atoms with Crippen LogP contribution in [0.1, 0.15) is 0 Å². The molecule has 1 unspecified atom stereocenters. The molecule has 7 nitrogen and oxygen atoms in total. The van der Waals surface area contributed by atoms with Crippen molar-refractivity contribution < 1.29 is 27.3 Å². The van der Waals surface area contributed by atoms with Crippen LogP contribution >= 0.6 is 0 Å². The molecule has 0 spiro atoms. The topological polar surface area (TPSA) is 101 Å². The van der Waals surface area contributed by atoms with Gasteiger partial charge in [-0.1, -0.05) is 0 Å². The highest BCUT2D eigenvalue weighted by molar-refractivity contribution is 7.84. The third-order valence-corrected chi connectivity index (χ3v) is 2.54. The average molecular weight is 209 g/mol. The van der Waals surface area contributed by atoms with E-state index in [0.29, 0.717) is 0 Å². The summed E-state index contributed by atoms with van der Waals surface area (Å²) in [6.45, 7) is -0.357. The van der Waals surface area contributed by atoms with E-state index in [4.69, 9.17) is 4.55 Å². The van der Waals surface area contributed by atoms with Crippen molar-refractivity contribution in [1.82, 2.24) is 4.31 Å². The molecular weight excluding hydrogens is 202 g/mol. The molecule has 1 saturated heterocycles. The predicted octanol–water partition coefficient (Wildman–Crippen LogP) is -1.58. The Morgan fingerprint density at radius 1 is 1.69 bits per heavy atom. The molecule has 0 aliphatic carbocycles. The summed E-state index contributed by atoms with van der Waals surface area (Å²) < 4.78 is 33.6. The summed E-state index contributed by atoms with van der Waals surface area (Å²) >= 11 is 0. The molecule has 0 aromatic heterocycles. The quantitative estimate of drug-likeness (QED) is 0.255. The van der Waals surface area contributed by atoms with E-state index in [1.807, 2.05) is 0 Å². The molecule has 1 atom stereocenters. The third-order valence-electron chi connectivity index (χ3n) is 1.66. The highest BCUT2D eigenvalue weighted by Gasteiger charge is 2.48. The summed E-state index contributed by atoms with van der Waals surface area (Å²) in [4.78, 5) is 21.6. The molecule has 1 aliphatic heterocycles. The Morgan fingerprint density at radius 2 is 2.23 bits per heavy atom. The smallest absolute Gasteiger partial charge is 0.362 e. The molecule has 1 rings (SSSR count). The van der Waals surface area contributed by atoms with Crippen LogP contribution in [0.25, 0.3) is 0 Å². The van der Waals surface area contributed by atoms with Crippen molar-refractivity contribution in [2.75, 3.05) is 13.7 Å². The summed E-state index contributed by atoms with van der Waals surface area (Å²) in [7, 11) is -3.42. The molecule has 0 aromatic carbocycles.